The van der Waals surface area contributed by atoms with Crippen LogP contribution in [0.25, 0.3) is 17.0 Å². The monoisotopic (exact) mass is 253 g/mol. The first-order valence-electron chi connectivity index (χ1n) is 5.80. The van der Waals surface area contributed by atoms with Crippen LogP contribution in [0.1, 0.15) is 15.9 Å². The van der Waals surface area contributed by atoms with E-state index in [0.29, 0.717) is 5.82 Å². The number of hydrogen-bond acceptors (Lipinski definition) is 3. The summed E-state index contributed by atoms with van der Waals surface area (Å²) in [6, 6.07) is 10.5. The maximum absolute atomic E-state index is 10.8. The molecule has 2 heterocycles. The van der Waals surface area contributed by atoms with E-state index >= 15 is 0 Å². The summed E-state index contributed by atoms with van der Waals surface area (Å²) < 4.78 is 1.89. The number of hydrogen-bond donors (Lipinski definition) is 1. The molecule has 1 aromatic carbocycles. The number of benzene rings is 1. The fraction of sp³-hybridized carbons (Fsp3) is 0.0714. The smallest absolute Gasteiger partial charge is 0.335 e. The van der Waals surface area contributed by atoms with Crippen molar-refractivity contribution in [3.8, 4) is 11.4 Å². The second-order valence-corrected chi connectivity index (χ2v) is 4.34. The van der Waals surface area contributed by atoms with Gasteiger partial charge in [-0.3, -0.25) is 4.40 Å². The molecule has 0 aliphatic rings. The second-order valence-electron chi connectivity index (χ2n) is 4.34. The minimum atomic E-state index is -0.937. The fourth-order valence-electron chi connectivity index (χ4n) is 1.96. The van der Waals surface area contributed by atoms with Crippen LogP contribution in [0.4, 0.5) is 0 Å². The standard InChI is InChI=1S/C14H11N3O2/c1-9-2-7-12-15-16-13(17(12)8-9)10-3-5-11(6-4-10)14(18)19/h2-8H,1H3,(H,18,19). The van der Waals surface area contributed by atoms with Crippen molar-refractivity contribution in [2.45, 2.75) is 6.92 Å². The molecule has 0 radical (unpaired) electrons. The molecule has 0 saturated heterocycles. The number of pyridine rings is 1. The summed E-state index contributed by atoms with van der Waals surface area (Å²) in [6.45, 7) is 2.00. The van der Waals surface area contributed by atoms with Crippen molar-refractivity contribution < 1.29 is 9.90 Å². The summed E-state index contributed by atoms with van der Waals surface area (Å²) in [5, 5.41) is 17.1. The Morgan fingerprint density at radius 2 is 1.84 bits per heavy atom. The molecule has 3 aromatic rings. The van der Waals surface area contributed by atoms with E-state index in [0.717, 1.165) is 16.8 Å². The van der Waals surface area contributed by atoms with Gasteiger partial charge >= 0.3 is 5.97 Å². The van der Waals surface area contributed by atoms with Gasteiger partial charge in [0.2, 0.25) is 0 Å². The van der Waals surface area contributed by atoms with Gasteiger partial charge in [-0.1, -0.05) is 18.2 Å². The van der Waals surface area contributed by atoms with Gasteiger partial charge in [0.05, 0.1) is 5.56 Å². The molecule has 1 N–H and O–H groups in total. The van der Waals surface area contributed by atoms with E-state index in [2.05, 4.69) is 10.2 Å². The van der Waals surface area contributed by atoms with E-state index in [-0.39, 0.29) is 5.56 Å². The van der Waals surface area contributed by atoms with Crippen LogP contribution in [0.5, 0.6) is 0 Å². The number of carbonyl (C=O) groups is 1. The fourth-order valence-corrected chi connectivity index (χ4v) is 1.96. The Morgan fingerprint density at radius 3 is 2.53 bits per heavy atom. The molecule has 5 nitrogen and oxygen atoms in total. The molecule has 5 heteroatoms. The maximum Gasteiger partial charge on any atom is 0.335 e. The summed E-state index contributed by atoms with van der Waals surface area (Å²) >= 11 is 0. The lowest BCUT2D eigenvalue weighted by Crippen LogP contribution is -1.96. The molecular formula is C14H11N3O2. The average molecular weight is 253 g/mol. The summed E-state index contributed by atoms with van der Waals surface area (Å²) in [6.07, 6.45) is 1.95. The highest BCUT2D eigenvalue weighted by Gasteiger charge is 2.09. The van der Waals surface area contributed by atoms with E-state index in [1.807, 2.05) is 29.7 Å². The van der Waals surface area contributed by atoms with Crippen LogP contribution in [0.3, 0.4) is 0 Å². The SMILES string of the molecule is Cc1ccc2nnc(-c3ccc(C(=O)O)cc3)n2c1. The lowest BCUT2D eigenvalue weighted by atomic mass is 10.1. The molecule has 0 saturated carbocycles. The molecule has 3 rings (SSSR count). The molecule has 94 valence electrons. The first-order chi connectivity index (χ1) is 9.15. The van der Waals surface area contributed by atoms with Crippen molar-refractivity contribution in [1.29, 1.82) is 0 Å². The molecule has 2 aromatic heterocycles. The molecule has 0 bridgehead atoms. The zero-order valence-electron chi connectivity index (χ0n) is 10.2. The van der Waals surface area contributed by atoms with Crippen molar-refractivity contribution in [3.63, 3.8) is 0 Å². The Bertz CT molecular complexity index is 760. The van der Waals surface area contributed by atoms with E-state index in [4.69, 9.17) is 5.11 Å². The van der Waals surface area contributed by atoms with Gasteiger partial charge in [0.1, 0.15) is 0 Å². The minimum Gasteiger partial charge on any atom is -0.478 e. The molecule has 19 heavy (non-hydrogen) atoms. The highest BCUT2D eigenvalue weighted by atomic mass is 16.4. The molecule has 0 amide bonds. The molecule has 0 atom stereocenters. The van der Waals surface area contributed by atoms with Crippen molar-refractivity contribution in [2.75, 3.05) is 0 Å². The molecule has 0 unspecified atom stereocenters. The van der Waals surface area contributed by atoms with E-state index in [1.54, 1.807) is 24.3 Å². The highest BCUT2D eigenvalue weighted by Crippen LogP contribution is 2.19. The number of aryl methyl sites for hydroxylation is 1. The van der Waals surface area contributed by atoms with Crippen LogP contribution in [-0.4, -0.2) is 25.7 Å². The number of nitrogens with zero attached hydrogens (tertiary/aromatic N) is 3. The number of carboxylic acid groups (broad SMARTS) is 1. The van der Waals surface area contributed by atoms with Gasteiger partial charge in [-0.25, -0.2) is 4.79 Å². The van der Waals surface area contributed by atoms with Crippen LogP contribution in [0.15, 0.2) is 42.6 Å². The van der Waals surface area contributed by atoms with Crippen molar-refractivity contribution in [2.24, 2.45) is 0 Å². The largest absolute Gasteiger partial charge is 0.478 e. The van der Waals surface area contributed by atoms with Crippen molar-refractivity contribution >= 4 is 11.6 Å². The van der Waals surface area contributed by atoms with Crippen molar-refractivity contribution in [1.82, 2.24) is 14.6 Å². The Morgan fingerprint density at radius 1 is 1.11 bits per heavy atom. The first-order valence-corrected chi connectivity index (χ1v) is 5.80. The van der Waals surface area contributed by atoms with E-state index in [1.165, 1.54) is 0 Å². The summed E-state index contributed by atoms with van der Waals surface area (Å²) in [5.41, 5.74) is 2.97. The number of aromatic nitrogens is 3. The quantitative estimate of drug-likeness (QED) is 0.761. The van der Waals surface area contributed by atoms with Crippen LogP contribution >= 0.6 is 0 Å². The van der Waals surface area contributed by atoms with Crippen LogP contribution in [0, 0.1) is 6.92 Å². The van der Waals surface area contributed by atoms with Gasteiger partial charge < -0.3 is 5.11 Å². The lowest BCUT2D eigenvalue weighted by molar-refractivity contribution is 0.0697. The Hall–Kier alpha value is -2.69. The maximum atomic E-state index is 10.8. The van der Waals surface area contributed by atoms with Gasteiger partial charge in [-0.05, 0) is 30.7 Å². The van der Waals surface area contributed by atoms with Crippen LogP contribution < -0.4 is 0 Å². The van der Waals surface area contributed by atoms with E-state index < -0.39 is 5.97 Å². The van der Waals surface area contributed by atoms with Crippen molar-refractivity contribution in [3.05, 3.63) is 53.7 Å². The van der Waals surface area contributed by atoms with Gasteiger partial charge in [0.15, 0.2) is 11.5 Å². The number of aromatic carboxylic acids is 1. The molecule has 0 aliphatic carbocycles. The number of rotatable bonds is 2. The minimum absolute atomic E-state index is 0.258. The molecular weight excluding hydrogens is 242 g/mol. The average Bonchev–Trinajstić information content (AvgIpc) is 2.81. The third-order valence-corrected chi connectivity index (χ3v) is 2.94. The summed E-state index contributed by atoms with van der Waals surface area (Å²) in [7, 11) is 0. The number of fused-ring (bicyclic) bond motifs is 1. The van der Waals surface area contributed by atoms with Gasteiger partial charge in [0, 0.05) is 11.8 Å². The van der Waals surface area contributed by atoms with Crippen LogP contribution in [0.2, 0.25) is 0 Å². The predicted octanol–water partition coefficient (Wildman–Crippen LogP) is 2.40. The Kier molecular flexibility index (Phi) is 2.52. The lowest BCUT2D eigenvalue weighted by Gasteiger charge is -2.01. The van der Waals surface area contributed by atoms with Gasteiger partial charge in [0.25, 0.3) is 0 Å². The third-order valence-electron chi connectivity index (χ3n) is 2.94. The molecule has 0 aliphatic heterocycles. The molecule has 0 fully saturated rings. The second kappa shape index (κ2) is 4.20. The Balaban J connectivity index is 2.13. The normalized spacial score (nSPS) is 10.8. The van der Waals surface area contributed by atoms with E-state index in [9.17, 15) is 4.79 Å². The summed E-state index contributed by atoms with van der Waals surface area (Å²) in [4.78, 5) is 10.8. The van der Waals surface area contributed by atoms with Gasteiger partial charge in [-0.2, -0.15) is 0 Å². The highest BCUT2D eigenvalue weighted by molar-refractivity contribution is 5.88. The summed E-state index contributed by atoms with van der Waals surface area (Å²) in [5.74, 6) is -0.232. The first kappa shape index (κ1) is 11.4. The Labute approximate surface area is 109 Å². The molecule has 0 spiro atoms. The number of carboxylic acids is 1. The third kappa shape index (κ3) is 1.95. The zero-order valence-corrected chi connectivity index (χ0v) is 10.2. The zero-order chi connectivity index (χ0) is 13.4. The van der Waals surface area contributed by atoms with Gasteiger partial charge in [-0.15, -0.1) is 10.2 Å². The predicted molar refractivity (Wildman–Crippen MR) is 70.1 cm³/mol. The van der Waals surface area contributed by atoms with Crippen LogP contribution in [-0.2, 0) is 0 Å². The topological polar surface area (TPSA) is 67.5 Å².